The Balaban J connectivity index is 2.28. The van der Waals surface area contributed by atoms with Crippen molar-refractivity contribution in [2.24, 2.45) is 12.8 Å². The van der Waals surface area contributed by atoms with Crippen LogP contribution in [0, 0.1) is 5.82 Å². The van der Waals surface area contributed by atoms with Gasteiger partial charge in [0.2, 0.25) is 0 Å². The van der Waals surface area contributed by atoms with E-state index in [4.69, 9.17) is 5.73 Å². The lowest BCUT2D eigenvalue weighted by atomic mass is 10.00. The van der Waals surface area contributed by atoms with Crippen LogP contribution in [0.15, 0.2) is 23.2 Å². The number of nitrogens with one attached hydrogen (secondary N) is 2. The van der Waals surface area contributed by atoms with Crippen molar-refractivity contribution in [2.75, 3.05) is 5.32 Å². The van der Waals surface area contributed by atoms with Gasteiger partial charge in [0.05, 0.1) is 5.69 Å². The molecule has 0 aliphatic carbocycles. The highest BCUT2D eigenvalue weighted by Gasteiger charge is 2.23. The number of aromatic nitrogens is 2. The van der Waals surface area contributed by atoms with Crippen LogP contribution in [0.25, 0.3) is 0 Å². The number of nitrogens with zero attached hydrogens (tertiary/aromatic N) is 2. The Kier molecular flexibility index (Phi) is 7.14. The molecule has 1 heterocycles. The molecule has 0 bridgehead atoms. The van der Waals surface area contributed by atoms with Gasteiger partial charge < -0.3 is 11.1 Å². The second-order valence-electron chi connectivity index (χ2n) is 6.46. The van der Waals surface area contributed by atoms with Crippen molar-refractivity contribution in [3.05, 3.63) is 40.8 Å². The average Bonchev–Trinajstić information content (AvgIpc) is 3.00. The van der Waals surface area contributed by atoms with Crippen LogP contribution in [0.4, 0.5) is 14.9 Å². The summed E-state index contributed by atoms with van der Waals surface area (Å²) >= 11 is 0. The third-order valence-electron chi connectivity index (χ3n) is 4.21. The van der Waals surface area contributed by atoms with Gasteiger partial charge in [0.25, 0.3) is 10.0 Å². The van der Waals surface area contributed by atoms with Gasteiger partial charge in [-0.15, -0.1) is 0 Å². The molecule has 2 aromatic rings. The zero-order chi connectivity index (χ0) is 20.9. The fourth-order valence-corrected chi connectivity index (χ4v) is 3.85. The molecule has 0 spiro atoms. The smallest absolute Gasteiger partial charge is 0.325 e. The molecule has 28 heavy (non-hydrogen) atoms. The summed E-state index contributed by atoms with van der Waals surface area (Å²) in [4.78, 5) is 12.4. The molecule has 1 aromatic carbocycles. The molecule has 1 aromatic heterocycles. The monoisotopic (exact) mass is 411 g/mol. The number of aryl methyl sites for hydroxylation is 3. The van der Waals surface area contributed by atoms with Crippen LogP contribution >= 0.6 is 0 Å². The number of nitrogens with two attached hydrogens (primary N) is 1. The van der Waals surface area contributed by atoms with Gasteiger partial charge in [0, 0.05) is 25.3 Å². The van der Waals surface area contributed by atoms with Gasteiger partial charge in [-0.1, -0.05) is 26.7 Å². The standard InChI is InChI=1S/C18H26FN5O3S/c1-4-6-12-8-14(19)9-13(7-5-2)17(12)21-18(25)23-28(26,27)16-10-15(11-20)24(3)22-16/h8-10H,4-7,11,20H2,1-3H3,(H2,21,23,25). The van der Waals surface area contributed by atoms with Crippen LogP contribution in [0.1, 0.15) is 43.5 Å². The fraction of sp³-hybridized carbons (Fsp3) is 0.444. The third kappa shape index (κ3) is 5.08. The Labute approximate surface area is 164 Å². The minimum absolute atomic E-state index is 0.113. The predicted octanol–water partition coefficient (Wildman–Crippen LogP) is 2.43. The highest BCUT2D eigenvalue weighted by Crippen LogP contribution is 2.26. The first kappa shape index (κ1) is 21.8. The first-order valence-electron chi connectivity index (χ1n) is 9.09. The van der Waals surface area contributed by atoms with Gasteiger partial charge in [-0.2, -0.15) is 13.5 Å². The summed E-state index contributed by atoms with van der Waals surface area (Å²) in [6.07, 6.45) is 2.60. The Morgan fingerprint density at radius 3 is 2.21 bits per heavy atom. The lowest BCUT2D eigenvalue weighted by Gasteiger charge is -2.16. The second-order valence-corrected chi connectivity index (χ2v) is 8.09. The van der Waals surface area contributed by atoms with E-state index in [1.165, 1.54) is 22.9 Å². The molecule has 8 nitrogen and oxygen atoms in total. The summed E-state index contributed by atoms with van der Waals surface area (Å²) in [7, 11) is -2.61. The van der Waals surface area contributed by atoms with Gasteiger partial charge in [-0.05, 0) is 36.1 Å². The number of hydrogen-bond donors (Lipinski definition) is 3. The third-order valence-corrected chi connectivity index (χ3v) is 5.41. The van der Waals surface area contributed by atoms with Crippen LogP contribution in [0.5, 0.6) is 0 Å². The fourth-order valence-electron chi connectivity index (χ4n) is 2.93. The molecule has 0 atom stereocenters. The second kappa shape index (κ2) is 9.16. The molecule has 0 unspecified atom stereocenters. The van der Waals surface area contributed by atoms with Crippen molar-refractivity contribution in [1.82, 2.24) is 14.5 Å². The largest absolute Gasteiger partial charge is 0.333 e. The SMILES string of the molecule is CCCc1cc(F)cc(CCC)c1NC(=O)NS(=O)(=O)c1cc(CN)n(C)n1. The van der Waals surface area contributed by atoms with E-state index < -0.39 is 16.1 Å². The number of amides is 2. The van der Waals surface area contributed by atoms with Crippen LogP contribution in [-0.2, 0) is 36.5 Å². The summed E-state index contributed by atoms with van der Waals surface area (Å²) < 4.78 is 42.1. The van der Waals surface area contributed by atoms with Crippen molar-refractivity contribution in [2.45, 2.75) is 51.1 Å². The summed E-state index contributed by atoms with van der Waals surface area (Å²) in [5, 5.41) is 6.16. The molecule has 4 N–H and O–H groups in total. The van der Waals surface area contributed by atoms with E-state index >= 15 is 0 Å². The number of carbonyl (C=O) groups is 1. The first-order valence-corrected chi connectivity index (χ1v) is 10.6. The molecule has 154 valence electrons. The van der Waals surface area contributed by atoms with Gasteiger partial charge >= 0.3 is 6.03 Å². The zero-order valence-electron chi connectivity index (χ0n) is 16.3. The summed E-state index contributed by atoms with van der Waals surface area (Å²) in [6.45, 7) is 3.99. The number of carbonyl (C=O) groups excluding carboxylic acids is 1. The molecule has 10 heteroatoms. The number of sulfonamides is 1. The van der Waals surface area contributed by atoms with E-state index in [-0.39, 0.29) is 17.4 Å². The molecule has 0 saturated carbocycles. The van der Waals surface area contributed by atoms with Gasteiger partial charge in [0.1, 0.15) is 5.82 Å². The Bertz CT molecular complexity index is 929. The lowest BCUT2D eigenvalue weighted by molar-refractivity contribution is 0.256. The Morgan fingerprint density at radius 1 is 1.18 bits per heavy atom. The number of urea groups is 1. The van der Waals surface area contributed by atoms with Crippen molar-refractivity contribution in [3.8, 4) is 0 Å². The minimum Gasteiger partial charge on any atom is -0.325 e. The van der Waals surface area contributed by atoms with E-state index in [1.807, 2.05) is 18.6 Å². The van der Waals surface area contributed by atoms with E-state index in [0.717, 1.165) is 12.8 Å². The van der Waals surface area contributed by atoms with Crippen LogP contribution < -0.4 is 15.8 Å². The maximum absolute atomic E-state index is 13.9. The number of rotatable bonds is 8. The van der Waals surface area contributed by atoms with Gasteiger partial charge in [-0.25, -0.2) is 13.9 Å². The average molecular weight is 412 g/mol. The van der Waals surface area contributed by atoms with Crippen molar-refractivity contribution >= 4 is 21.7 Å². The van der Waals surface area contributed by atoms with E-state index in [1.54, 1.807) is 7.05 Å². The maximum Gasteiger partial charge on any atom is 0.333 e. The molecule has 0 radical (unpaired) electrons. The van der Waals surface area contributed by atoms with Crippen molar-refractivity contribution < 1.29 is 17.6 Å². The molecular formula is C18H26FN5O3S. The molecule has 0 aliphatic rings. The summed E-state index contributed by atoms with van der Waals surface area (Å²) in [5.74, 6) is -0.381. The van der Waals surface area contributed by atoms with Crippen LogP contribution in [0.3, 0.4) is 0 Å². The highest BCUT2D eigenvalue weighted by atomic mass is 32.2. The van der Waals surface area contributed by atoms with Crippen LogP contribution in [0.2, 0.25) is 0 Å². The molecule has 0 fully saturated rings. The molecule has 2 rings (SSSR count). The van der Waals surface area contributed by atoms with Gasteiger partial charge in [0.15, 0.2) is 5.03 Å². The molecule has 2 amide bonds. The van der Waals surface area contributed by atoms with E-state index in [0.29, 0.717) is 35.3 Å². The van der Waals surface area contributed by atoms with Gasteiger partial charge in [-0.3, -0.25) is 4.68 Å². The van der Waals surface area contributed by atoms with E-state index in [9.17, 15) is 17.6 Å². The van der Waals surface area contributed by atoms with Crippen LogP contribution in [-0.4, -0.2) is 24.2 Å². The van der Waals surface area contributed by atoms with E-state index in [2.05, 4.69) is 10.4 Å². The normalized spacial score (nSPS) is 11.5. The maximum atomic E-state index is 13.9. The Hall–Kier alpha value is -2.46. The molecule has 0 aliphatic heterocycles. The number of hydrogen-bond acceptors (Lipinski definition) is 5. The number of halogens is 1. The summed E-state index contributed by atoms with van der Waals surface area (Å²) in [6, 6.07) is 3.10. The first-order chi connectivity index (χ1) is 13.2. The predicted molar refractivity (Wildman–Crippen MR) is 105 cm³/mol. The number of benzene rings is 1. The Morgan fingerprint density at radius 2 is 1.75 bits per heavy atom. The topological polar surface area (TPSA) is 119 Å². The molecule has 0 saturated heterocycles. The minimum atomic E-state index is -4.17. The van der Waals surface area contributed by atoms with Crippen molar-refractivity contribution in [1.29, 1.82) is 0 Å². The highest BCUT2D eigenvalue weighted by molar-refractivity contribution is 7.90. The lowest BCUT2D eigenvalue weighted by Crippen LogP contribution is -2.35. The van der Waals surface area contributed by atoms with Crippen molar-refractivity contribution in [3.63, 3.8) is 0 Å². The molecular weight excluding hydrogens is 385 g/mol. The number of anilines is 1. The quantitative estimate of drug-likeness (QED) is 0.616. The zero-order valence-corrected chi connectivity index (χ0v) is 17.1. The summed E-state index contributed by atoms with van der Waals surface area (Å²) in [5.41, 5.74) is 7.74.